The van der Waals surface area contributed by atoms with Crippen molar-refractivity contribution in [2.24, 2.45) is 5.92 Å². The summed E-state index contributed by atoms with van der Waals surface area (Å²) in [6.07, 6.45) is 6.51. The molecule has 0 aliphatic carbocycles. The largest absolute Gasteiger partial charge is 0.351 e. The van der Waals surface area contributed by atoms with Gasteiger partial charge in [-0.3, -0.25) is 4.79 Å². The molecule has 3 heterocycles. The van der Waals surface area contributed by atoms with E-state index in [4.69, 9.17) is 0 Å². The van der Waals surface area contributed by atoms with Crippen LogP contribution in [-0.4, -0.2) is 36.5 Å². The molecule has 0 bridgehead atoms. The lowest BCUT2D eigenvalue weighted by Gasteiger charge is -2.44. The second kappa shape index (κ2) is 7.14. The fourth-order valence-corrected chi connectivity index (χ4v) is 5.77. The molecule has 0 radical (unpaired) electrons. The van der Waals surface area contributed by atoms with E-state index in [9.17, 15) is 4.79 Å². The summed E-state index contributed by atoms with van der Waals surface area (Å²) in [5.74, 6) is 0.701. The number of rotatable bonds is 3. The Balaban J connectivity index is 1.41. The Bertz CT molecular complexity index is 742. The number of nitrogens with one attached hydrogen (secondary N) is 1. The molecule has 0 unspecified atom stereocenters. The molecule has 1 amide bonds. The van der Waals surface area contributed by atoms with Crippen molar-refractivity contribution in [1.82, 2.24) is 10.2 Å². The zero-order valence-corrected chi connectivity index (χ0v) is 16.2. The van der Waals surface area contributed by atoms with Gasteiger partial charge in [0, 0.05) is 21.8 Å². The summed E-state index contributed by atoms with van der Waals surface area (Å²) >= 11 is 5.07. The monoisotopic (exact) mass is 406 g/mol. The summed E-state index contributed by atoms with van der Waals surface area (Å²) in [5, 5.41) is 4.35. The molecule has 24 heavy (non-hydrogen) atoms. The Morgan fingerprint density at radius 3 is 3.00 bits per heavy atom. The third kappa shape index (κ3) is 3.39. The molecule has 2 saturated heterocycles. The number of hydrogen-bond acceptors (Lipinski definition) is 3. The minimum Gasteiger partial charge on any atom is -0.351 e. The molecule has 4 rings (SSSR count). The summed E-state index contributed by atoms with van der Waals surface area (Å²) in [6.45, 7) is 3.32. The van der Waals surface area contributed by atoms with Crippen LogP contribution in [0.25, 0.3) is 10.1 Å². The molecule has 2 atom stereocenters. The van der Waals surface area contributed by atoms with Gasteiger partial charge in [0.1, 0.15) is 0 Å². The van der Waals surface area contributed by atoms with Crippen LogP contribution >= 0.6 is 27.3 Å². The Morgan fingerprint density at radius 1 is 1.21 bits per heavy atom. The first-order chi connectivity index (χ1) is 11.7. The molecule has 1 aromatic carbocycles. The highest BCUT2D eigenvalue weighted by Crippen LogP contribution is 2.31. The molecule has 2 aliphatic rings. The van der Waals surface area contributed by atoms with Gasteiger partial charge in [-0.2, -0.15) is 0 Å². The third-order valence-electron chi connectivity index (χ3n) is 5.46. The van der Waals surface area contributed by atoms with Gasteiger partial charge in [0.2, 0.25) is 0 Å². The van der Waals surface area contributed by atoms with Crippen LogP contribution in [0.4, 0.5) is 0 Å². The number of hydrogen-bond donors (Lipinski definition) is 1. The first-order valence-electron chi connectivity index (χ1n) is 8.92. The van der Waals surface area contributed by atoms with Crippen molar-refractivity contribution >= 4 is 43.3 Å². The van der Waals surface area contributed by atoms with Crippen LogP contribution in [-0.2, 0) is 0 Å². The molecule has 3 nitrogen and oxygen atoms in total. The minimum atomic E-state index is 0.0836. The van der Waals surface area contributed by atoms with Crippen molar-refractivity contribution in [3.63, 3.8) is 0 Å². The van der Waals surface area contributed by atoms with Crippen molar-refractivity contribution in [3.05, 3.63) is 33.6 Å². The van der Waals surface area contributed by atoms with Crippen LogP contribution in [0.15, 0.2) is 28.7 Å². The fraction of sp³-hybridized carbons (Fsp3) is 0.526. The number of carbonyl (C=O) groups excluding carboxylic acids is 1. The van der Waals surface area contributed by atoms with E-state index in [1.165, 1.54) is 45.2 Å². The van der Waals surface area contributed by atoms with E-state index in [2.05, 4.69) is 38.3 Å². The van der Waals surface area contributed by atoms with Crippen LogP contribution in [0.5, 0.6) is 0 Å². The fourth-order valence-electron chi connectivity index (χ4n) is 4.24. The number of halogens is 1. The summed E-state index contributed by atoms with van der Waals surface area (Å²) < 4.78 is 2.22. The predicted octanol–water partition coefficient (Wildman–Crippen LogP) is 4.66. The number of fused-ring (bicyclic) bond motifs is 2. The standard InChI is InChI=1S/C19H23BrN2OS/c20-15-7-6-13-10-18(24-17(13)11-15)19(23)21-12-14-4-3-9-22-8-2-1-5-16(14)22/h6-7,10-11,14,16H,1-5,8-9,12H2,(H,21,23)/t14-,16+/m0/s1. The average Bonchev–Trinajstić information content (AvgIpc) is 3.03. The molecule has 2 fully saturated rings. The number of nitrogens with zero attached hydrogens (tertiary/aromatic N) is 1. The highest BCUT2D eigenvalue weighted by atomic mass is 79.9. The Hall–Kier alpha value is -0.910. The molecular weight excluding hydrogens is 384 g/mol. The van der Waals surface area contributed by atoms with Gasteiger partial charge in [-0.05, 0) is 68.3 Å². The Morgan fingerprint density at radius 2 is 2.08 bits per heavy atom. The quantitative estimate of drug-likeness (QED) is 0.803. The number of benzene rings is 1. The van der Waals surface area contributed by atoms with Gasteiger partial charge in [0.05, 0.1) is 4.88 Å². The first kappa shape index (κ1) is 16.6. The third-order valence-corrected chi connectivity index (χ3v) is 7.05. The molecule has 2 aliphatic heterocycles. The number of amides is 1. The lowest BCUT2D eigenvalue weighted by atomic mass is 9.83. The van der Waals surface area contributed by atoms with Crippen LogP contribution in [0.3, 0.4) is 0 Å². The van der Waals surface area contributed by atoms with Crippen molar-refractivity contribution < 1.29 is 4.79 Å². The normalized spacial score (nSPS) is 24.7. The second-order valence-corrected chi connectivity index (χ2v) is 9.00. The van der Waals surface area contributed by atoms with Crippen molar-refractivity contribution in [3.8, 4) is 0 Å². The molecule has 0 saturated carbocycles. The van der Waals surface area contributed by atoms with E-state index < -0.39 is 0 Å². The summed E-state index contributed by atoms with van der Waals surface area (Å²) in [7, 11) is 0. The Kier molecular flexibility index (Phi) is 4.93. The molecule has 128 valence electrons. The topological polar surface area (TPSA) is 32.3 Å². The maximum absolute atomic E-state index is 12.6. The van der Waals surface area contributed by atoms with Gasteiger partial charge >= 0.3 is 0 Å². The van der Waals surface area contributed by atoms with Crippen LogP contribution in [0.2, 0.25) is 0 Å². The van der Waals surface area contributed by atoms with Crippen molar-refractivity contribution in [1.29, 1.82) is 0 Å². The highest BCUT2D eigenvalue weighted by Gasteiger charge is 2.33. The SMILES string of the molecule is O=C(NC[C@@H]1CCCN2CCCC[C@H]12)c1cc2ccc(Br)cc2s1. The summed E-state index contributed by atoms with van der Waals surface area (Å²) in [4.78, 5) is 16.0. The van der Waals surface area contributed by atoms with Gasteiger partial charge in [0.15, 0.2) is 0 Å². The van der Waals surface area contributed by atoms with Crippen molar-refractivity contribution in [2.75, 3.05) is 19.6 Å². The lowest BCUT2D eigenvalue weighted by Crippen LogP contribution is -2.50. The highest BCUT2D eigenvalue weighted by molar-refractivity contribution is 9.10. The average molecular weight is 407 g/mol. The van der Waals surface area contributed by atoms with Gasteiger partial charge in [0.25, 0.3) is 5.91 Å². The zero-order chi connectivity index (χ0) is 16.5. The molecular formula is C19H23BrN2OS. The second-order valence-electron chi connectivity index (χ2n) is 7.00. The predicted molar refractivity (Wildman–Crippen MR) is 104 cm³/mol. The van der Waals surface area contributed by atoms with Gasteiger partial charge in [-0.25, -0.2) is 0 Å². The van der Waals surface area contributed by atoms with Gasteiger partial charge < -0.3 is 10.2 Å². The zero-order valence-electron chi connectivity index (χ0n) is 13.8. The van der Waals surface area contributed by atoms with E-state index in [0.717, 1.165) is 26.0 Å². The summed E-state index contributed by atoms with van der Waals surface area (Å²) in [6, 6.07) is 8.86. The molecule has 1 N–H and O–H groups in total. The van der Waals surface area contributed by atoms with Crippen LogP contribution < -0.4 is 5.32 Å². The molecule has 5 heteroatoms. The van der Waals surface area contributed by atoms with E-state index in [-0.39, 0.29) is 5.91 Å². The maximum Gasteiger partial charge on any atom is 0.261 e. The molecule has 1 aromatic heterocycles. The smallest absolute Gasteiger partial charge is 0.261 e. The Labute approximate surface area is 155 Å². The van der Waals surface area contributed by atoms with Crippen LogP contribution in [0, 0.1) is 5.92 Å². The van der Waals surface area contributed by atoms with E-state index in [1.54, 1.807) is 11.3 Å². The van der Waals surface area contributed by atoms with Gasteiger partial charge in [-0.15, -0.1) is 11.3 Å². The maximum atomic E-state index is 12.6. The summed E-state index contributed by atoms with van der Waals surface area (Å²) in [5.41, 5.74) is 0. The number of carbonyl (C=O) groups is 1. The molecule has 2 aromatic rings. The molecule has 0 spiro atoms. The first-order valence-corrected chi connectivity index (χ1v) is 10.5. The number of piperidine rings is 2. The van der Waals surface area contributed by atoms with Crippen molar-refractivity contribution in [2.45, 2.75) is 38.1 Å². The van der Waals surface area contributed by atoms with E-state index >= 15 is 0 Å². The lowest BCUT2D eigenvalue weighted by molar-refractivity contribution is 0.0576. The van der Waals surface area contributed by atoms with Crippen LogP contribution in [0.1, 0.15) is 41.8 Å². The number of thiophene rings is 1. The van der Waals surface area contributed by atoms with Gasteiger partial charge in [-0.1, -0.05) is 28.4 Å². The minimum absolute atomic E-state index is 0.0836. The van der Waals surface area contributed by atoms with E-state index in [0.29, 0.717) is 12.0 Å². The van der Waals surface area contributed by atoms with E-state index in [1.807, 2.05) is 12.1 Å².